The second-order valence-electron chi connectivity index (χ2n) is 7.04. The summed E-state index contributed by atoms with van der Waals surface area (Å²) in [6.45, 7) is 5.34. The van der Waals surface area contributed by atoms with Crippen molar-refractivity contribution in [3.05, 3.63) is 83.9 Å². The average molecular weight is 376 g/mol. The van der Waals surface area contributed by atoms with Crippen LogP contribution in [0.1, 0.15) is 40.1 Å². The number of para-hydroxylation sites is 1. The van der Waals surface area contributed by atoms with E-state index in [9.17, 15) is 9.59 Å². The highest BCUT2D eigenvalue weighted by Gasteiger charge is 2.14. The van der Waals surface area contributed by atoms with Crippen LogP contribution in [0.2, 0.25) is 0 Å². The molecule has 0 unspecified atom stereocenters. The summed E-state index contributed by atoms with van der Waals surface area (Å²) in [5, 5.41) is 5.73. The largest absolute Gasteiger partial charge is 0.352 e. The van der Waals surface area contributed by atoms with E-state index in [1.165, 1.54) is 0 Å². The Hall–Kier alpha value is -3.41. The minimum Gasteiger partial charge on any atom is -0.352 e. The molecular weight excluding hydrogens is 352 g/mol. The van der Waals surface area contributed by atoms with Crippen molar-refractivity contribution in [3.63, 3.8) is 0 Å². The van der Waals surface area contributed by atoms with Crippen molar-refractivity contribution in [2.24, 2.45) is 5.92 Å². The number of anilines is 1. The van der Waals surface area contributed by atoms with Gasteiger partial charge in [0.15, 0.2) is 0 Å². The first-order valence-electron chi connectivity index (χ1n) is 9.26. The van der Waals surface area contributed by atoms with Gasteiger partial charge in [0.1, 0.15) is 0 Å². The number of hydrogen-bond donors (Lipinski definition) is 2. The van der Waals surface area contributed by atoms with Crippen LogP contribution in [0.4, 0.5) is 5.69 Å². The molecular formula is C22H24N4O2. The lowest BCUT2D eigenvalue weighted by Crippen LogP contribution is -2.28. The molecule has 1 aromatic heterocycles. The Kier molecular flexibility index (Phi) is 6.22. The van der Waals surface area contributed by atoms with Crippen molar-refractivity contribution >= 4 is 17.5 Å². The number of carbonyl (C=O) groups excluding carboxylic acids is 2. The number of imidazole rings is 1. The first kappa shape index (κ1) is 19.4. The van der Waals surface area contributed by atoms with Gasteiger partial charge >= 0.3 is 0 Å². The number of hydrogen-bond acceptors (Lipinski definition) is 3. The summed E-state index contributed by atoms with van der Waals surface area (Å²) in [5.41, 5.74) is 2.55. The highest BCUT2D eigenvalue weighted by atomic mass is 16.2. The fraction of sp³-hybridized carbons (Fsp3) is 0.227. The van der Waals surface area contributed by atoms with E-state index < -0.39 is 0 Å². The molecule has 0 fully saturated rings. The molecule has 3 rings (SSSR count). The normalized spacial score (nSPS) is 10.7. The van der Waals surface area contributed by atoms with Crippen molar-refractivity contribution < 1.29 is 9.59 Å². The maximum absolute atomic E-state index is 12.6. The van der Waals surface area contributed by atoms with E-state index in [1.807, 2.05) is 36.7 Å². The van der Waals surface area contributed by atoms with Gasteiger partial charge < -0.3 is 15.2 Å². The summed E-state index contributed by atoms with van der Waals surface area (Å²) in [6, 6.07) is 14.4. The molecule has 0 aliphatic heterocycles. The molecule has 6 heteroatoms. The van der Waals surface area contributed by atoms with Gasteiger partial charge in [-0.3, -0.25) is 9.59 Å². The third-order valence-corrected chi connectivity index (χ3v) is 4.23. The molecule has 0 aliphatic rings. The fourth-order valence-electron chi connectivity index (χ4n) is 2.73. The Morgan fingerprint density at radius 1 is 1.04 bits per heavy atom. The van der Waals surface area contributed by atoms with Crippen LogP contribution >= 0.6 is 0 Å². The van der Waals surface area contributed by atoms with Gasteiger partial charge in [0.25, 0.3) is 11.8 Å². The molecule has 3 aromatic rings. The number of carbonyl (C=O) groups is 2. The van der Waals surface area contributed by atoms with E-state index >= 15 is 0 Å². The Balaban J connectivity index is 1.68. The van der Waals surface area contributed by atoms with E-state index in [1.54, 1.807) is 48.9 Å². The van der Waals surface area contributed by atoms with Crippen molar-refractivity contribution in [2.75, 3.05) is 11.9 Å². The van der Waals surface area contributed by atoms with Crippen LogP contribution in [0.15, 0.2) is 67.3 Å². The van der Waals surface area contributed by atoms with Crippen LogP contribution in [0.25, 0.3) is 0 Å². The molecule has 2 aromatic carbocycles. The van der Waals surface area contributed by atoms with E-state index in [0.29, 0.717) is 35.8 Å². The molecule has 2 amide bonds. The monoisotopic (exact) mass is 376 g/mol. The molecule has 2 N–H and O–H groups in total. The van der Waals surface area contributed by atoms with E-state index in [0.717, 1.165) is 5.56 Å². The summed E-state index contributed by atoms with van der Waals surface area (Å²) in [4.78, 5) is 29.1. The minimum absolute atomic E-state index is 0.194. The number of amides is 2. The zero-order chi connectivity index (χ0) is 19.9. The lowest BCUT2D eigenvalue weighted by Gasteiger charge is -2.13. The Morgan fingerprint density at radius 3 is 2.46 bits per heavy atom. The molecule has 144 valence electrons. The molecule has 0 spiro atoms. The highest BCUT2D eigenvalue weighted by molar-refractivity contribution is 6.09. The zero-order valence-corrected chi connectivity index (χ0v) is 16.1. The van der Waals surface area contributed by atoms with Gasteiger partial charge in [0, 0.05) is 31.0 Å². The fourth-order valence-corrected chi connectivity index (χ4v) is 2.73. The SMILES string of the molecule is CC(C)CNC(=O)c1ccccc1NC(=O)c1ccc(Cn2ccnc2)cc1. The molecule has 0 aliphatic carbocycles. The van der Waals surface area contributed by atoms with Gasteiger partial charge in [-0.1, -0.05) is 38.1 Å². The predicted octanol–water partition coefficient (Wildman–Crippen LogP) is 3.57. The van der Waals surface area contributed by atoms with Crippen molar-refractivity contribution in [3.8, 4) is 0 Å². The van der Waals surface area contributed by atoms with Gasteiger partial charge in [-0.25, -0.2) is 4.98 Å². The number of nitrogens with one attached hydrogen (secondary N) is 2. The molecule has 0 saturated heterocycles. The summed E-state index contributed by atoms with van der Waals surface area (Å²) in [5.74, 6) is -0.0925. The average Bonchev–Trinajstić information content (AvgIpc) is 3.20. The lowest BCUT2D eigenvalue weighted by atomic mass is 10.1. The Bertz CT molecular complexity index is 931. The Morgan fingerprint density at radius 2 is 1.79 bits per heavy atom. The Labute approximate surface area is 164 Å². The van der Waals surface area contributed by atoms with Crippen molar-refractivity contribution in [2.45, 2.75) is 20.4 Å². The summed E-state index contributed by atoms with van der Waals surface area (Å²) in [6.07, 6.45) is 5.38. The van der Waals surface area contributed by atoms with Gasteiger partial charge in [-0.15, -0.1) is 0 Å². The third-order valence-electron chi connectivity index (χ3n) is 4.23. The number of aromatic nitrogens is 2. The van der Waals surface area contributed by atoms with Crippen LogP contribution in [-0.2, 0) is 6.54 Å². The van der Waals surface area contributed by atoms with E-state index in [4.69, 9.17) is 0 Å². The first-order chi connectivity index (χ1) is 13.5. The number of nitrogens with zero attached hydrogens (tertiary/aromatic N) is 2. The maximum atomic E-state index is 12.6. The van der Waals surface area contributed by atoms with Crippen LogP contribution in [-0.4, -0.2) is 27.9 Å². The van der Waals surface area contributed by atoms with Gasteiger partial charge in [0.05, 0.1) is 17.6 Å². The predicted molar refractivity (Wildman–Crippen MR) is 109 cm³/mol. The second kappa shape index (κ2) is 8.99. The topological polar surface area (TPSA) is 76.0 Å². The molecule has 0 atom stereocenters. The first-order valence-corrected chi connectivity index (χ1v) is 9.26. The van der Waals surface area contributed by atoms with Crippen LogP contribution in [0.5, 0.6) is 0 Å². The smallest absolute Gasteiger partial charge is 0.255 e. The molecule has 0 radical (unpaired) electrons. The number of rotatable bonds is 7. The standard InChI is InChI=1S/C22H24N4O2/c1-16(2)13-24-22(28)19-5-3-4-6-20(19)25-21(27)18-9-7-17(8-10-18)14-26-12-11-23-15-26/h3-12,15-16H,13-14H2,1-2H3,(H,24,28)(H,25,27). The van der Waals surface area contributed by atoms with Crippen molar-refractivity contribution in [1.29, 1.82) is 0 Å². The molecule has 1 heterocycles. The zero-order valence-electron chi connectivity index (χ0n) is 16.1. The molecule has 6 nitrogen and oxygen atoms in total. The third kappa shape index (κ3) is 5.07. The van der Waals surface area contributed by atoms with Crippen LogP contribution < -0.4 is 10.6 Å². The number of benzene rings is 2. The van der Waals surface area contributed by atoms with Crippen molar-refractivity contribution in [1.82, 2.24) is 14.9 Å². The minimum atomic E-state index is -0.252. The van der Waals surface area contributed by atoms with E-state index in [-0.39, 0.29) is 11.8 Å². The van der Waals surface area contributed by atoms with Crippen LogP contribution in [0.3, 0.4) is 0 Å². The summed E-state index contributed by atoms with van der Waals surface area (Å²) < 4.78 is 1.96. The molecule has 0 saturated carbocycles. The lowest BCUT2D eigenvalue weighted by molar-refractivity contribution is 0.0950. The molecule has 0 bridgehead atoms. The summed E-state index contributed by atoms with van der Waals surface area (Å²) in [7, 11) is 0. The van der Waals surface area contributed by atoms with Gasteiger partial charge in [0.2, 0.25) is 0 Å². The maximum Gasteiger partial charge on any atom is 0.255 e. The van der Waals surface area contributed by atoms with Gasteiger partial charge in [-0.2, -0.15) is 0 Å². The quantitative estimate of drug-likeness (QED) is 0.662. The highest BCUT2D eigenvalue weighted by Crippen LogP contribution is 2.17. The molecule has 28 heavy (non-hydrogen) atoms. The van der Waals surface area contributed by atoms with Crippen LogP contribution in [0, 0.1) is 5.92 Å². The van der Waals surface area contributed by atoms with Gasteiger partial charge in [-0.05, 0) is 35.7 Å². The summed E-state index contributed by atoms with van der Waals surface area (Å²) >= 11 is 0. The van der Waals surface area contributed by atoms with E-state index in [2.05, 4.69) is 15.6 Å². The second-order valence-corrected chi connectivity index (χ2v) is 7.04.